The van der Waals surface area contributed by atoms with Crippen LogP contribution in [0.1, 0.15) is 36.7 Å². The number of unbranched alkanes of at least 4 members (excludes halogenated alkanes) is 1. The highest BCUT2D eigenvalue weighted by molar-refractivity contribution is 6.32. The third-order valence-corrected chi connectivity index (χ3v) is 3.91. The van der Waals surface area contributed by atoms with Gasteiger partial charge in [0.15, 0.2) is 17.5 Å². The van der Waals surface area contributed by atoms with E-state index in [0.717, 1.165) is 10.7 Å². The van der Waals surface area contributed by atoms with Crippen LogP contribution in [0.4, 0.5) is 13.2 Å². The number of rotatable bonds is 11. The first-order valence-corrected chi connectivity index (χ1v) is 8.67. The van der Waals surface area contributed by atoms with Crippen molar-refractivity contribution in [3.63, 3.8) is 0 Å². The van der Waals surface area contributed by atoms with Crippen LogP contribution in [-0.4, -0.2) is 50.1 Å². The van der Waals surface area contributed by atoms with Gasteiger partial charge in [-0.2, -0.15) is 0 Å². The van der Waals surface area contributed by atoms with E-state index < -0.39 is 43.3 Å². The maximum Gasteiger partial charge on any atom is 0.633 e. The molecular formula is C15H21BClF3N6O4. The fourth-order valence-electron chi connectivity index (χ4n) is 2.50. The predicted octanol–water partition coefficient (Wildman–Crippen LogP) is -0.0152. The summed E-state index contributed by atoms with van der Waals surface area (Å²) in [5.41, 5.74) is 5.68. The lowest BCUT2D eigenvalue weighted by molar-refractivity contribution is -0.122. The van der Waals surface area contributed by atoms with E-state index in [2.05, 4.69) is 25.5 Å². The quantitative estimate of drug-likeness (QED) is 0.211. The van der Waals surface area contributed by atoms with E-state index in [1.807, 2.05) is 0 Å². The van der Waals surface area contributed by atoms with Crippen LogP contribution in [0.15, 0.2) is 12.1 Å². The summed E-state index contributed by atoms with van der Waals surface area (Å²) in [6.45, 7) is -0.607. The average molecular weight is 453 g/mol. The molecule has 0 radical (unpaired) electrons. The number of carbonyl (C=O) groups is 1. The number of nitrogens with one attached hydrogen (secondary N) is 1. The van der Waals surface area contributed by atoms with Crippen molar-refractivity contribution in [2.24, 2.45) is 5.73 Å². The van der Waals surface area contributed by atoms with Crippen molar-refractivity contribution < 1.29 is 32.7 Å². The topological polar surface area (TPSA) is 148 Å². The zero-order valence-electron chi connectivity index (χ0n) is 15.7. The van der Waals surface area contributed by atoms with Crippen LogP contribution < -0.4 is 11.1 Å². The molecule has 166 valence electrons. The summed E-state index contributed by atoms with van der Waals surface area (Å²) in [5.74, 6) is -3.91. The number of nitrogens with two attached hydrogens (primary N) is 1. The number of halogens is 4. The van der Waals surface area contributed by atoms with E-state index in [9.17, 15) is 18.0 Å². The second-order valence-electron chi connectivity index (χ2n) is 6.13. The van der Waals surface area contributed by atoms with Gasteiger partial charge in [-0.1, -0.05) is 0 Å². The van der Waals surface area contributed by atoms with Crippen molar-refractivity contribution in [2.45, 2.75) is 38.4 Å². The molecule has 1 heterocycles. The Morgan fingerprint density at radius 1 is 1.30 bits per heavy atom. The Balaban J connectivity index is 0.00000450. The van der Waals surface area contributed by atoms with Crippen molar-refractivity contribution in [1.82, 2.24) is 25.5 Å². The summed E-state index contributed by atoms with van der Waals surface area (Å²) in [6, 6.07) is 0.607. The molecular weight excluding hydrogens is 431 g/mol. The number of hydrogen-bond donors (Lipinski definition) is 4. The normalized spacial score (nSPS) is 11.7. The van der Waals surface area contributed by atoms with Crippen molar-refractivity contribution in [3.8, 4) is 0 Å². The molecule has 30 heavy (non-hydrogen) atoms. The molecule has 15 heteroatoms. The van der Waals surface area contributed by atoms with Crippen LogP contribution >= 0.6 is 12.4 Å². The minimum Gasteiger partial charge on any atom is -0.402 e. The van der Waals surface area contributed by atoms with Crippen LogP contribution in [0.5, 0.6) is 0 Å². The molecule has 0 bridgehead atoms. The minimum absolute atomic E-state index is 0. The Kier molecular flexibility index (Phi) is 10.7. The van der Waals surface area contributed by atoms with Crippen LogP contribution in [-0.2, 0) is 22.5 Å². The van der Waals surface area contributed by atoms with Crippen LogP contribution in [0.3, 0.4) is 0 Å². The Bertz CT molecular complexity index is 832. The molecule has 1 amide bonds. The molecule has 0 spiro atoms. The number of tetrazole rings is 1. The van der Waals surface area contributed by atoms with Gasteiger partial charge in [0.25, 0.3) is 0 Å². The summed E-state index contributed by atoms with van der Waals surface area (Å²) >= 11 is 0. The van der Waals surface area contributed by atoms with E-state index in [0.29, 0.717) is 25.3 Å². The zero-order chi connectivity index (χ0) is 21.4. The summed E-state index contributed by atoms with van der Waals surface area (Å²) in [5, 5.41) is 30.4. The Hall–Kier alpha value is -2.26. The number of amides is 1. The van der Waals surface area contributed by atoms with E-state index in [4.69, 9.17) is 15.8 Å². The highest BCUT2D eigenvalue weighted by Crippen LogP contribution is 2.15. The lowest BCUT2D eigenvalue weighted by Gasteiger charge is -2.12. The van der Waals surface area contributed by atoms with Gasteiger partial charge in [0, 0.05) is 24.8 Å². The van der Waals surface area contributed by atoms with Gasteiger partial charge in [0.2, 0.25) is 5.91 Å². The molecule has 0 aliphatic carbocycles. The van der Waals surface area contributed by atoms with Gasteiger partial charge in [0.05, 0.1) is 6.04 Å². The first-order valence-electron chi connectivity index (χ1n) is 8.67. The van der Waals surface area contributed by atoms with E-state index >= 15 is 0 Å². The van der Waals surface area contributed by atoms with Crippen LogP contribution in [0, 0.1) is 17.5 Å². The van der Waals surface area contributed by atoms with E-state index in [1.54, 1.807) is 0 Å². The summed E-state index contributed by atoms with van der Waals surface area (Å²) in [6.07, 6.45) is 1.54. The minimum atomic E-state index is -1.83. The number of carbonyl (C=O) groups excluding carboxylic acids is 1. The standard InChI is InChI=1S/C15H20BF3N6O4.ClH/c17-10-5-9(14(19)11(18)6-10)7-21-13(26)8-25-15(22-23-24-25)12(20)3-1-2-4-29-16(27)28;/h5-6,12,27-28H,1-4,7-8,20H2,(H,21,26);1H. The summed E-state index contributed by atoms with van der Waals surface area (Å²) < 4.78 is 45.7. The Morgan fingerprint density at radius 3 is 2.73 bits per heavy atom. The van der Waals surface area contributed by atoms with Crippen molar-refractivity contribution in [2.75, 3.05) is 6.61 Å². The first-order chi connectivity index (χ1) is 13.8. The van der Waals surface area contributed by atoms with Gasteiger partial charge in [-0.05, 0) is 35.8 Å². The third kappa shape index (κ3) is 7.87. The number of hydrogen-bond acceptors (Lipinski definition) is 8. The van der Waals surface area contributed by atoms with Crippen molar-refractivity contribution in [1.29, 1.82) is 0 Å². The third-order valence-electron chi connectivity index (χ3n) is 3.91. The summed E-state index contributed by atoms with van der Waals surface area (Å²) in [7, 11) is -1.83. The van der Waals surface area contributed by atoms with Gasteiger partial charge < -0.3 is 25.8 Å². The highest BCUT2D eigenvalue weighted by Gasteiger charge is 2.18. The van der Waals surface area contributed by atoms with Gasteiger partial charge >= 0.3 is 7.32 Å². The van der Waals surface area contributed by atoms with Crippen molar-refractivity contribution >= 4 is 25.6 Å². The molecule has 1 aromatic carbocycles. The maximum absolute atomic E-state index is 13.6. The molecule has 1 unspecified atom stereocenters. The van der Waals surface area contributed by atoms with Gasteiger partial charge in [0.1, 0.15) is 12.4 Å². The zero-order valence-corrected chi connectivity index (χ0v) is 16.5. The van der Waals surface area contributed by atoms with E-state index in [1.165, 1.54) is 0 Å². The predicted molar refractivity (Wildman–Crippen MR) is 100 cm³/mol. The molecule has 0 saturated carbocycles. The maximum atomic E-state index is 13.6. The van der Waals surface area contributed by atoms with Crippen LogP contribution in [0.2, 0.25) is 0 Å². The number of aromatic nitrogens is 4. The highest BCUT2D eigenvalue weighted by atomic mass is 35.5. The second kappa shape index (κ2) is 12.4. The Morgan fingerprint density at radius 2 is 2.03 bits per heavy atom. The molecule has 0 aliphatic rings. The fourth-order valence-corrected chi connectivity index (χ4v) is 2.50. The molecule has 0 aliphatic heterocycles. The molecule has 2 aromatic rings. The van der Waals surface area contributed by atoms with Crippen molar-refractivity contribution in [3.05, 3.63) is 41.0 Å². The second-order valence-corrected chi connectivity index (χ2v) is 6.13. The molecule has 5 N–H and O–H groups in total. The molecule has 0 saturated heterocycles. The molecule has 0 fully saturated rings. The smallest absolute Gasteiger partial charge is 0.402 e. The first kappa shape index (κ1) is 25.8. The van der Waals surface area contributed by atoms with Gasteiger partial charge in [-0.3, -0.25) is 4.79 Å². The number of nitrogens with zero attached hydrogens (tertiary/aromatic N) is 4. The monoisotopic (exact) mass is 452 g/mol. The lowest BCUT2D eigenvalue weighted by atomic mass is 10.1. The van der Waals surface area contributed by atoms with E-state index in [-0.39, 0.29) is 36.9 Å². The van der Waals surface area contributed by atoms with Crippen LogP contribution in [0.25, 0.3) is 0 Å². The largest absolute Gasteiger partial charge is 0.633 e. The SMILES string of the molecule is Cl.NC(CCCCOB(O)O)c1nnnn1CC(=O)NCc1cc(F)cc(F)c1F. The lowest BCUT2D eigenvalue weighted by Crippen LogP contribution is -2.30. The fraction of sp³-hybridized carbons (Fsp3) is 0.467. The number of benzene rings is 1. The average Bonchev–Trinajstić information content (AvgIpc) is 3.10. The molecule has 1 aromatic heterocycles. The van der Waals surface area contributed by atoms with Gasteiger partial charge in [-0.15, -0.1) is 17.5 Å². The molecule has 2 rings (SSSR count). The molecule has 1 atom stereocenters. The van der Waals surface area contributed by atoms with Gasteiger partial charge in [-0.25, -0.2) is 17.9 Å². The molecule has 10 nitrogen and oxygen atoms in total. The summed E-state index contributed by atoms with van der Waals surface area (Å²) in [4.78, 5) is 12.1. The Labute approximate surface area is 176 Å².